The largest absolute Gasteiger partial charge is 0.494 e. The molecular formula is C15H22N4O6. The minimum Gasteiger partial charge on any atom is -0.494 e. The molecule has 0 spiro atoms. The molecule has 2 amide bonds. The van der Waals surface area contributed by atoms with Crippen LogP contribution >= 0.6 is 0 Å². The third-order valence-electron chi connectivity index (χ3n) is 2.88. The van der Waals surface area contributed by atoms with Crippen molar-refractivity contribution in [3.05, 3.63) is 27.8 Å². The maximum atomic E-state index is 11.5. The van der Waals surface area contributed by atoms with Gasteiger partial charge in [-0.1, -0.05) is 0 Å². The normalized spacial score (nSPS) is 10.7. The molecule has 1 rings (SSSR count). The predicted octanol–water partition coefficient (Wildman–Crippen LogP) is 1.64. The zero-order chi connectivity index (χ0) is 19.2. The summed E-state index contributed by atoms with van der Waals surface area (Å²) in [5, 5.41) is 16.6. The second-order valence-electron chi connectivity index (χ2n) is 6.05. The van der Waals surface area contributed by atoms with Crippen molar-refractivity contribution in [3.8, 4) is 5.75 Å². The molecule has 1 aromatic carbocycles. The molecule has 0 aliphatic heterocycles. The van der Waals surface area contributed by atoms with Gasteiger partial charge in [0.15, 0.2) is 5.69 Å². The number of carbonyl (C=O) groups excluding carboxylic acids is 2. The Labute approximate surface area is 144 Å². The van der Waals surface area contributed by atoms with Crippen LogP contribution in [-0.2, 0) is 4.74 Å². The van der Waals surface area contributed by atoms with Gasteiger partial charge in [0.1, 0.15) is 11.4 Å². The molecule has 4 N–H and O–H groups in total. The van der Waals surface area contributed by atoms with Gasteiger partial charge >= 0.3 is 6.09 Å². The summed E-state index contributed by atoms with van der Waals surface area (Å²) >= 11 is 0. The summed E-state index contributed by atoms with van der Waals surface area (Å²) in [6.45, 7) is 5.54. The highest BCUT2D eigenvalue weighted by Crippen LogP contribution is 2.35. The van der Waals surface area contributed by atoms with E-state index in [4.69, 9.17) is 15.2 Å². The van der Waals surface area contributed by atoms with Gasteiger partial charge in [-0.3, -0.25) is 14.9 Å². The van der Waals surface area contributed by atoms with Crippen molar-refractivity contribution < 1.29 is 24.0 Å². The average Bonchev–Trinajstić information content (AvgIpc) is 2.48. The first-order valence-electron chi connectivity index (χ1n) is 7.42. The quantitative estimate of drug-likeness (QED) is 0.383. The minimum atomic E-state index is -0.806. The Bertz CT molecular complexity index is 669. The molecule has 0 unspecified atom stereocenters. The number of nitrogens with one attached hydrogen (secondary N) is 2. The van der Waals surface area contributed by atoms with Crippen molar-refractivity contribution in [2.75, 3.05) is 25.5 Å². The number of nitro benzene ring substituents is 1. The van der Waals surface area contributed by atoms with Crippen LogP contribution in [0.25, 0.3) is 0 Å². The number of nitrogens with two attached hydrogens (primary N) is 1. The number of primary amides is 1. The maximum absolute atomic E-state index is 11.5. The van der Waals surface area contributed by atoms with Crippen molar-refractivity contribution in [1.82, 2.24) is 5.32 Å². The summed E-state index contributed by atoms with van der Waals surface area (Å²) in [6.07, 6.45) is -0.597. The molecule has 1 aromatic rings. The van der Waals surface area contributed by atoms with E-state index in [2.05, 4.69) is 10.6 Å². The summed E-state index contributed by atoms with van der Waals surface area (Å²) in [7, 11) is 1.31. The van der Waals surface area contributed by atoms with Crippen LogP contribution in [0.5, 0.6) is 5.75 Å². The van der Waals surface area contributed by atoms with Crippen LogP contribution in [0.4, 0.5) is 16.2 Å². The van der Waals surface area contributed by atoms with Crippen LogP contribution in [0, 0.1) is 10.1 Å². The van der Waals surface area contributed by atoms with Crippen LogP contribution in [0.15, 0.2) is 12.1 Å². The molecule has 0 aromatic heterocycles. The monoisotopic (exact) mass is 354 g/mol. The smallest absolute Gasteiger partial charge is 0.407 e. The summed E-state index contributed by atoms with van der Waals surface area (Å²) in [6, 6.07) is 2.37. The SMILES string of the molecule is COc1cc(C(N)=O)cc([N+](=O)[O-])c1NCCNC(=O)OC(C)(C)C. The Kier molecular flexibility index (Phi) is 6.54. The molecule has 0 saturated carbocycles. The topological polar surface area (TPSA) is 146 Å². The zero-order valence-corrected chi connectivity index (χ0v) is 14.5. The highest BCUT2D eigenvalue weighted by molar-refractivity contribution is 5.95. The number of amides is 2. The maximum Gasteiger partial charge on any atom is 0.407 e. The third-order valence-corrected chi connectivity index (χ3v) is 2.88. The van der Waals surface area contributed by atoms with Gasteiger partial charge in [-0.25, -0.2) is 4.79 Å². The molecule has 0 radical (unpaired) electrons. The number of hydrogen-bond donors (Lipinski definition) is 3. The molecule has 10 nitrogen and oxygen atoms in total. The van der Waals surface area contributed by atoms with Gasteiger partial charge in [0.2, 0.25) is 5.91 Å². The molecule has 25 heavy (non-hydrogen) atoms. The van der Waals surface area contributed by atoms with Crippen molar-refractivity contribution in [2.24, 2.45) is 5.73 Å². The van der Waals surface area contributed by atoms with E-state index in [0.717, 1.165) is 6.07 Å². The van der Waals surface area contributed by atoms with E-state index >= 15 is 0 Å². The minimum absolute atomic E-state index is 0.0408. The zero-order valence-electron chi connectivity index (χ0n) is 14.5. The van der Waals surface area contributed by atoms with E-state index in [-0.39, 0.29) is 35.8 Å². The number of methoxy groups -OCH3 is 1. The third kappa shape index (κ3) is 6.16. The number of nitro groups is 1. The lowest BCUT2D eigenvalue weighted by molar-refractivity contribution is -0.384. The molecule has 0 heterocycles. The van der Waals surface area contributed by atoms with Crippen LogP contribution in [0.1, 0.15) is 31.1 Å². The molecule has 0 aliphatic carbocycles. The number of carbonyl (C=O) groups is 2. The molecule has 138 valence electrons. The summed E-state index contributed by atoms with van der Waals surface area (Å²) in [5.41, 5.74) is 4.23. The number of benzene rings is 1. The van der Waals surface area contributed by atoms with Gasteiger partial charge in [-0.05, 0) is 26.8 Å². The van der Waals surface area contributed by atoms with E-state index in [1.54, 1.807) is 20.8 Å². The Morgan fingerprint density at radius 2 is 1.92 bits per heavy atom. The lowest BCUT2D eigenvalue weighted by Gasteiger charge is -2.19. The Morgan fingerprint density at radius 3 is 2.40 bits per heavy atom. The Hall–Kier alpha value is -3.04. The predicted molar refractivity (Wildman–Crippen MR) is 90.9 cm³/mol. The van der Waals surface area contributed by atoms with Crippen LogP contribution in [0.3, 0.4) is 0 Å². The number of anilines is 1. The van der Waals surface area contributed by atoms with Gasteiger partial charge in [0.05, 0.1) is 12.0 Å². The number of hydrogen-bond acceptors (Lipinski definition) is 7. The van der Waals surface area contributed by atoms with Crippen LogP contribution < -0.4 is 21.1 Å². The van der Waals surface area contributed by atoms with Gasteiger partial charge in [0, 0.05) is 24.7 Å². The fourth-order valence-corrected chi connectivity index (χ4v) is 1.89. The second-order valence-corrected chi connectivity index (χ2v) is 6.05. The first kappa shape index (κ1) is 20.0. The Morgan fingerprint density at radius 1 is 1.28 bits per heavy atom. The van der Waals surface area contributed by atoms with Gasteiger partial charge < -0.3 is 25.8 Å². The average molecular weight is 354 g/mol. The van der Waals surface area contributed by atoms with Crippen molar-refractivity contribution in [3.63, 3.8) is 0 Å². The highest BCUT2D eigenvalue weighted by atomic mass is 16.6. The van der Waals surface area contributed by atoms with Crippen molar-refractivity contribution in [1.29, 1.82) is 0 Å². The van der Waals surface area contributed by atoms with Gasteiger partial charge in [0.25, 0.3) is 5.69 Å². The molecule has 0 fully saturated rings. The summed E-state index contributed by atoms with van der Waals surface area (Å²) in [4.78, 5) is 33.4. The molecule has 0 aliphatic rings. The molecule has 0 bridgehead atoms. The molecular weight excluding hydrogens is 332 g/mol. The van der Waals surface area contributed by atoms with Crippen molar-refractivity contribution in [2.45, 2.75) is 26.4 Å². The van der Waals surface area contributed by atoms with E-state index in [1.165, 1.54) is 13.2 Å². The summed E-state index contributed by atoms with van der Waals surface area (Å²) < 4.78 is 10.2. The van der Waals surface area contributed by atoms with E-state index in [0.29, 0.717) is 0 Å². The number of nitrogens with zero attached hydrogens (tertiary/aromatic N) is 1. The fourth-order valence-electron chi connectivity index (χ4n) is 1.89. The standard InChI is InChI=1S/C15H22N4O6/c1-15(2,3)25-14(21)18-6-5-17-12-10(19(22)23)7-9(13(16)20)8-11(12)24-4/h7-8,17H,5-6H2,1-4H3,(H2,16,20)(H,18,21). The van der Waals surface area contributed by atoms with Crippen LogP contribution in [-0.4, -0.2) is 42.7 Å². The van der Waals surface area contributed by atoms with E-state index in [1.807, 2.05) is 0 Å². The van der Waals surface area contributed by atoms with Gasteiger partial charge in [-0.15, -0.1) is 0 Å². The molecule has 10 heteroatoms. The highest BCUT2D eigenvalue weighted by Gasteiger charge is 2.22. The summed E-state index contributed by atoms with van der Waals surface area (Å²) in [5.74, 6) is -0.709. The first-order chi connectivity index (χ1) is 11.5. The lowest BCUT2D eigenvalue weighted by Crippen LogP contribution is -2.35. The van der Waals surface area contributed by atoms with Crippen LogP contribution in [0.2, 0.25) is 0 Å². The Balaban J connectivity index is 2.82. The fraction of sp³-hybridized carbons (Fsp3) is 0.467. The van der Waals surface area contributed by atoms with E-state index in [9.17, 15) is 19.7 Å². The number of ether oxygens (including phenoxy) is 2. The first-order valence-corrected chi connectivity index (χ1v) is 7.42. The van der Waals surface area contributed by atoms with Gasteiger partial charge in [-0.2, -0.15) is 0 Å². The van der Waals surface area contributed by atoms with Crippen molar-refractivity contribution >= 4 is 23.4 Å². The number of alkyl carbamates (subject to hydrolysis) is 1. The lowest BCUT2D eigenvalue weighted by atomic mass is 10.1. The molecule has 0 atom stereocenters. The number of rotatable bonds is 7. The second kappa shape index (κ2) is 8.18. The van der Waals surface area contributed by atoms with E-state index < -0.39 is 22.5 Å². The molecule has 0 saturated heterocycles.